The molecule has 1 aromatic carbocycles. The summed E-state index contributed by atoms with van der Waals surface area (Å²) in [5.41, 5.74) is 1.72. The maximum atomic E-state index is 12.9. The van der Waals surface area contributed by atoms with Crippen molar-refractivity contribution >= 4 is 50.0 Å². The van der Waals surface area contributed by atoms with E-state index in [0.717, 1.165) is 30.2 Å². The predicted octanol–water partition coefficient (Wildman–Crippen LogP) is 3.69. The van der Waals surface area contributed by atoms with Crippen molar-refractivity contribution in [2.75, 3.05) is 23.3 Å². The summed E-state index contributed by atoms with van der Waals surface area (Å²) in [4.78, 5) is 36.4. The molecule has 1 saturated heterocycles. The van der Waals surface area contributed by atoms with Crippen molar-refractivity contribution in [3.63, 3.8) is 0 Å². The Balaban J connectivity index is 1.55. The van der Waals surface area contributed by atoms with E-state index in [2.05, 4.69) is 27.1 Å². The molecule has 1 aliphatic heterocycles. The number of amides is 1. The second-order valence-electron chi connectivity index (χ2n) is 7.53. The number of fused-ring (bicyclic) bond motifs is 1. The first kappa shape index (κ1) is 19.8. The van der Waals surface area contributed by atoms with Gasteiger partial charge in [0, 0.05) is 23.8 Å². The molecule has 9 heteroatoms. The van der Waals surface area contributed by atoms with Gasteiger partial charge in [-0.15, -0.1) is 0 Å². The Hall–Kier alpha value is -2.45. The zero-order valence-electron chi connectivity index (χ0n) is 16.3. The Morgan fingerprint density at radius 3 is 3.03 bits per heavy atom. The Morgan fingerprint density at radius 2 is 2.24 bits per heavy atom. The van der Waals surface area contributed by atoms with E-state index in [-0.39, 0.29) is 18.0 Å². The minimum Gasteiger partial charge on any atom is -0.348 e. The number of carbonyl (C=O) groups is 1. The predicted molar refractivity (Wildman–Crippen MR) is 117 cm³/mol. The molecule has 1 unspecified atom stereocenters. The van der Waals surface area contributed by atoms with Crippen LogP contribution in [0.15, 0.2) is 29.3 Å². The average molecular weight is 432 g/mol. The van der Waals surface area contributed by atoms with E-state index < -0.39 is 0 Å². The van der Waals surface area contributed by atoms with Crippen LogP contribution in [0.4, 0.5) is 10.8 Å². The number of benzene rings is 1. The summed E-state index contributed by atoms with van der Waals surface area (Å²) in [5, 5.41) is 4.17. The summed E-state index contributed by atoms with van der Waals surface area (Å²) in [6, 6.07) is 5.28. The van der Waals surface area contributed by atoms with Gasteiger partial charge in [-0.3, -0.25) is 14.2 Å². The van der Waals surface area contributed by atoms with Crippen molar-refractivity contribution in [2.45, 2.75) is 33.2 Å². The summed E-state index contributed by atoms with van der Waals surface area (Å²) < 4.78 is 1.80. The smallest absolute Gasteiger partial charge is 0.273 e. The lowest BCUT2D eigenvalue weighted by Gasteiger charge is -2.30. The van der Waals surface area contributed by atoms with Crippen LogP contribution in [0.5, 0.6) is 0 Å². The van der Waals surface area contributed by atoms with Gasteiger partial charge in [0.05, 0.1) is 0 Å². The zero-order valence-corrected chi connectivity index (χ0v) is 17.9. The number of piperidine rings is 1. The van der Waals surface area contributed by atoms with Crippen LogP contribution in [-0.2, 0) is 11.3 Å². The van der Waals surface area contributed by atoms with Gasteiger partial charge in [-0.1, -0.05) is 35.9 Å². The van der Waals surface area contributed by atoms with Crippen LogP contribution in [0, 0.1) is 12.8 Å². The summed E-state index contributed by atoms with van der Waals surface area (Å²) in [6.45, 7) is 5.87. The minimum absolute atomic E-state index is 0.123. The lowest BCUT2D eigenvalue weighted by molar-refractivity contribution is -0.116. The van der Waals surface area contributed by atoms with Crippen LogP contribution in [-0.4, -0.2) is 33.5 Å². The van der Waals surface area contributed by atoms with Crippen molar-refractivity contribution in [3.8, 4) is 0 Å². The molecule has 1 amide bonds. The number of aryl methyl sites for hydroxylation is 1. The zero-order chi connectivity index (χ0) is 20.5. The molecular weight excluding hydrogens is 410 g/mol. The first-order valence-electron chi connectivity index (χ1n) is 9.57. The maximum absolute atomic E-state index is 12.9. The fraction of sp³-hybridized carbons (Fsp3) is 0.400. The Morgan fingerprint density at radius 1 is 1.41 bits per heavy atom. The number of anilines is 2. The number of halogens is 1. The van der Waals surface area contributed by atoms with Gasteiger partial charge in [0.1, 0.15) is 17.6 Å². The molecule has 1 aliphatic rings. The lowest BCUT2D eigenvalue weighted by Crippen LogP contribution is -2.34. The van der Waals surface area contributed by atoms with Gasteiger partial charge < -0.3 is 10.2 Å². The van der Waals surface area contributed by atoms with Crippen LogP contribution >= 0.6 is 22.9 Å². The number of hydrogen-bond acceptors (Lipinski definition) is 6. The van der Waals surface area contributed by atoms with Gasteiger partial charge in [-0.05, 0) is 43.4 Å². The van der Waals surface area contributed by atoms with Gasteiger partial charge >= 0.3 is 0 Å². The summed E-state index contributed by atoms with van der Waals surface area (Å²) in [6.07, 6.45) is 3.73. The monoisotopic (exact) mass is 431 g/mol. The van der Waals surface area contributed by atoms with Crippen LogP contribution in [0.2, 0.25) is 5.02 Å². The number of rotatable bonds is 4. The number of aromatic nitrogens is 3. The van der Waals surface area contributed by atoms with Crippen LogP contribution in [0.1, 0.15) is 25.3 Å². The molecule has 1 fully saturated rings. The van der Waals surface area contributed by atoms with Crippen molar-refractivity contribution in [1.29, 1.82) is 0 Å². The Kier molecular flexibility index (Phi) is 5.56. The highest BCUT2D eigenvalue weighted by Crippen LogP contribution is 2.29. The first-order chi connectivity index (χ1) is 13.9. The second-order valence-corrected chi connectivity index (χ2v) is 8.94. The number of nitrogens with zero attached hydrogens (tertiary/aromatic N) is 4. The summed E-state index contributed by atoms with van der Waals surface area (Å²) in [5.74, 6) is 0.298. The van der Waals surface area contributed by atoms with Gasteiger partial charge in [-0.25, -0.2) is 4.98 Å². The van der Waals surface area contributed by atoms with E-state index in [1.165, 1.54) is 28.7 Å². The SMILES string of the molecule is Cc1ccc(Cl)cc1NC(=O)Cn1cnc2nc(N3CCCC(C)C3)sc2c1=O. The third-order valence-corrected chi connectivity index (χ3v) is 6.42. The summed E-state index contributed by atoms with van der Waals surface area (Å²) >= 11 is 7.35. The molecule has 3 heterocycles. The first-order valence-corrected chi connectivity index (χ1v) is 10.8. The van der Waals surface area contributed by atoms with E-state index in [1.54, 1.807) is 12.1 Å². The highest BCUT2D eigenvalue weighted by Gasteiger charge is 2.21. The minimum atomic E-state index is -0.312. The average Bonchev–Trinajstić information content (AvgIpc) is 3.12. The van der Waals surface area contributed by atoms with Crippen molar-refractivity contribution in [3.05, 3.63) is 45.5 Å². The molecule has 4 rings (SSSR count). The molecule has 3 aromatic rings. The van der Waals surface area contributed by atoms with Crippen molar-refractivity contribution in [2.24, 2.45) is 5.92 Å². The molecule has 0 aliphatic carbocycles. The molecule has 0 spiro atoms. The van der Waals surface area contributed by atoms with E-state index in [4.69, 9.17) is 11.6 Å². The molecule has 1 N–H and O–H groups in total. The fourth-order valence-electron chi connectivity index (χ4n) is 3.52. The number of thiazole rings is 1. The fourth-order valence-corrected chi connectivity index (χ4v) is 4.70. The molecule has 29 heavy (non-hydrogen) atoms. The number of nitrogens with one attached hydrogen (secondary N) is 1. The molecule has 2 aromatic heterocycles. The largest absolute Gasteiger partial charge is 0.348 e. The molecular formula is C20H22ClN5O2S. The van der Waals surface area contributed by atoms with Gasteiger partial charge in [-0.2, -0.15) is 4.98 Å². The molecule has 0 saturated carbocycles. The topological polar surface area (TPSA) is 80.1 Å². The Labute approximate surface area is 177 Å². The van der Waals surface area contributed by atoms with Crippen molar-refractivity contribution in [1.82, 2.24) is 14.5 Å². The third-order valence-electron chi connectivity index (χ3n) is 5.09. The molecule has 7 nitrogen and oxygen atoms in total. The van der Waals surface area contributed by atoms with E-state index >= 15 is 0 Å². The van der Waals surface area contributed by atoms with Crippen LogP contribution in [0.25, 0.3) is 10.3 Å². The van der Waals surface area contributed by atoms with Crippen molar-refractivity contribution < 1.29 is 4.79 Å². The lowest BCUT2D eigenvalue weighted by atomic mass is 10.0. The normalized spacial score (nSPS) is 16.9. The van der Waals surface area contributed by atoms with E-state index in [0.29, 0.717) is 27.0 Å². The molecule has 0 bridgehead atoms. The summed E-state index contributed by atoms with van der Waals surface area (Å²) in [7, 11) is 0. The standard InChI is InChI=1S/C20H22ClN5O2S/c1-12-4-3-7-25(9-12)20-24-18-17(29-20)19(28)26(11-22-18)10-16(27)23-15-8-14(21)6-5-13(15)2/h5-6,8,11-12H,3-4,7,9-10H2,1-2H3,(H,23,27). The molecule has 152 valence electrons. The highest BCUT2D eigenvalue weighted by atomic mass is 35.5. The molecule has 1 atom stereocenters. The van der Waals surface area contributed by atoms with Gasteiger partial charge in [0.2, 0.25) is 5.91 Å². The van der Waals surface area contributed by atoms with E-state index in [9.17, 15) is 9.59 Å². The third kappa shape index (κ3) is 4.28. The maximum Gasteiger partial charge on any atom is 0.273 e. The van der Waals surface area contributed by atoms with Crippen LogP contribution in [0.3, 0.4) is 0 Å². The van der Waals surface area contributed by atoms with Gasteiger partial charge in [0.25, 0.3) is 5.56 Å². The van der Waals surface area contributed by atoms with Gasteiger partial charge in [0.15, 0.2) is 10.8 Å². The van der Waals surface area contributed by atoms with E-state index in [1.807, 2.05) is 13.0 Å². The molecule has 0 radical (unpaired) electrons. The quantitative estimate of drug-likeness (QED) is 0.681. The second kappa shape index (κ2) is 8.12. The number of carbonyl (C=O) groups excluding carboxylic acids is 1. The number of hydrogen-bond donors (Lipinski definition) is 1. The van der Waals surface area contributed by atoms with Crippen LogP contribution < -0.4 is 15.8 Å². The highest BCUT2D eigenvalue weighted by molar-refractivity contribution is 7.22. The Bertz CT molecular complexity index is 1130.